The van der Waals surface area contributed by atoms with E-state index in [1.807, 2.05) is 0 Å². The summed E-state index contributed by atoms with van der Waals surface area (Å²) in [7, 11) is 0. The van der Waals surface area contributed by atoms with Crippen LogP contribution < -0.4 is 0 Å². The number of hydrogen-bond acceptors (Lipinski definition) is 1. The lowest BCUT2D eigenvalue weighted by molar-refractivity contribution is 0.0281. The predicted molar refractivity (Wildman–Crippen MR) is 110 cm³/mol. The minimum atomic E-state index is -0.475. The minimum Gasteiger partial charge on any atom is -0.387 e. The molecule has 1 unspecified atom stereocenters. The van der Waals surface area contributed by atoms with Crippen molar-refractivity contribution in [3.63, 3.8) is 0 Å². The number of aliphatic hydroxyl groups excluding tert-OH is 1. The Hall–Kier alpha value is -1.34. The van der Waals surface area contributed by atoms with E-state index in [4.69, 9.17) is 0 Å². The van der Waals surface area contributed by atoms with Crippen LogP contribution in [0.15, 0.2) is 42.0 Å². The van der Waals surface area contributed by atoms with Gasteiger partial charge in [-0.2, -0.15) is 0 Å². The van der Waals surface area contributed by atoms with E-state index in [2.05, 4.69) is 91.8 Å². The molecule has 1 nitrogen and oxygen atoms in total. The molecule has 25 heavy (non-hydrogen) atoms. The smallest absolute Gasteiger partial charge is 0.0891 e. The van der Waals surface area contributed by atoms with Crippen molar-refractivity contribution in [2.24, 2.45) is 23.2 Å². The summed E-state index contributed by atoms with van der Waals surface area (Å²) in [6.07, 6.45) is 4.13. The first kappa shape index (κ1) is 20.0. The van der Waals surface area contributed by atoms with E-state index >= 15 is 0 Å². The SMILES string of the molecule is CC(C)C1=CC(C(C)C)(C(C)C)C(O)C(c2cccc(C(C)C)c2)=C1. The Morgan fingerprint density at radius 1 is 0.880 bits per heavy atom. The molecule has 0 aromatic heterocycles. The van der Waals surface area contributed by atoms with Gasteiger partial charge in [-0.15, -0.1) is 0 Å². The van der Waals surface area contributed by atoms with Crippen molar-refractivity contribution in [1.29, 1.82) is 0 Å². The van der Waals surface area contributed by atoms with Gasteiger partial charge in [0.2, 0.25) is 0 Å². The Bertz CT molecular complexity index is 650. The molecule has 1 atom stereocenters. The molecule has 0 saturated heterocycles. The van der Waals surface area contributed by atoms with Gasteiger partial charge in [0, 0.05) is 5.41 Å². The van der Waals surface area contributed by atoms with Crippen LogP contribution >= 0.6 is 0 Å². The Morgan fingerprint density at radius 2 is 1.48 bits per heavy atom. The van der Waals surface area contributed by atoms with Gasteiger partial charge in [-0.1, -0.05) is 91.8 Å². The second-order valence-electron chi connectivity index (χ2n) is 8.89. The maximum atomic E-state index is 11.5. The van der Waals surface area contributed by atoms with Crippen LogP contribution in [0.25, 0.3) is 5.57 Å². The number of allylic oxidation sites excluding steroid dienone is 2. The van der Waals surface area contributed by atoms with Crippen molar-refractivity contribution in [2.45, 2.75) is 67.4 Å². The first-order valence-corrected chi connectivity index (χ1v) is 9.84. The van der Waals surface area contributed by atoms with Crippen molar-refractivity contribution < 1.29 is 5.11 Å². The summed E-state index contributed by atoms with van der Waals surface area (Å²) in [6.45, 7) is 17.9. The van der Waals surface area contributed by atoms with Gasteiger partial charge in [-0.3, -0.25) is 0 Å². The molecule has 138 valence electrons. The Kier molecular flexibility index (Phi) is 5.99. The molecule has 1 aromatic carbocycles. The lowest BCUT2D eigenvalue weighted by atomic mass is 9.59. The van der Waals surface area contributed by atoms with Crippen molar-refractivity contribution in [2.75, 3.05) is 0 Å². The van der Waals surface area contributed by atoms with E-state index in [0.717, 1.165) is 11.1 Å². The van der Waals surface area contributed by atoms with Crippen LogP contribution in [0.2, 0.25) is 0 Å². The average molecular weight is 341 g/mol. The Morgan fingerprint density at radius 3 is 1.96 bits per heavy atom. The number of rotatable bonds is 5. The molecule has 1 heteroatoms. The zero-order chi connectivity index (χ0) is 18.9. The summed E-state index contributed by atoms with van der Waals surface area (Å²) in [5.74, 6) is 1.68. The summed E-state index contributed by atoms with van der Waals surface area (Å²) >= 11 is 0. The summed E-state index contributed by atoms with van der Waals surface area (Å²) in [5, 5.41) is 11.5. The highest BCUT2D eigenvalue weighted by molar-refractivity contribution is 5.75. The van der Waals surface area contributed by atoms with Gasteiger partial charge in [0.15, 0.2) is 0 Å². The zero-order valence-electron chi connectivity index (χ0n) is 17.3. The molecular formula is C24H36O. The normalized spacial score (nSPS) is 20.4. The van der Waals surface area contributed by atoms with Crippen LogP contribution in [0.4, 0.5) is 0 Å². The monoisotopic (exact) mass is 340 g/mol. The lowest BCUT2D eigenvalue weighted by Crippen LogP contribution is -2.45. The van der Waals surface area contributed by atoms with E-state index in [1.54, 1.807) is 0 Å². The molecule has 0 saturated carbocycles. The zero-order valence-corrected chi connectivity index (χ0v) is 17.3. The summed E-state index contributed by atoms with van der Waals surface area (Å²) in [4.78, 5) is 0. The fourth-order valence-corrected chi connectivity index (χ4v) is 4.22. The molecule has 0 amide bonds. The van der Waals surface area contributed by atoms with E-state index < -0.39 is 6.10 Å². The van der Waals surface area contributed by atoms with Crippen molar-refractivity contribution in [3.8, 4) is 0 Å². The summed E-state index contributed by atoms with van der Waals surface area (Å²) < 4.78 is 0. The first-order chi connectivity index (χ1) is 11.6. The predicted octanol–water partition coefficient (Wildman–Crippen LogP) is 6.45. The minimum absolute atomic E-state index is 0.225. The number of aliphatic hydroxyl groups is 1. The van der Waals surface area contributed by atoms with Crippen LogP contribution in [-0.2, 0) is 0 Å². The Labute approximate surface area is 154 Å². The molecule has 1 N–H and O–H groups in total. The molecule has 0 heterocycles. The van der Waals surface area contributed by atoms with Gasteiger partial charge in [0.25, 0.3) is 0 Å². The third-order valence-electron chi connectivity index (χ3n) is 6.06. The maximum absolute atomic E-state index is 11.5. The highest BCUT2D eigenvalue weighted by Crippen LogP contribution is 2.49. The van der Waals surface area contributed by atoms with Crippen molar-refractivity contribution >= 4 is 5.57 Å². The van der Waals surface area contributed by atoms with Gasteiger partial charge in [-0.25, -0.2) is 0 Å². The number of hydrogen-bond donors (Lipinski definition) is 1. The van der Waals surface area contributed by atoms with Crippen LogP contribution in [0, 0.1) is 23.2 Å². The fourth-order valence-electron chi connectivity index (χ4n) is 4.22. The highest BCUT2D eigenvalue weighted by atomic mass is 16.3. The van der Waals surface area contributed by atoms with Gasteiger partial charge < -0.3 is 5.11 Å². The largest absolute Gasteiger partial charge is 0.387 e. The number of benzene rings is 1. The van der Waals surface area contributed by atoms with Crippen molar-refractivity contribution in [1.82, 2.24) is 0 Å². The van der Waals surface area contributed by atoms with Crippen LogP contribution in [-0.4, -0.2) is 11.2 Å². The molecule has 0 radical (unpaired) electrons. The van der Waals surface area contributed by atoms with Crippen LogP contribution in [0.1, 0.15) is 72.4 Å². The highest BCUT2D eigenvalue weighted by Gasteiger charge is 2.46. The Balaban J connectivity index is 2.65. The molecule has 0 fully saturated rings. The van der Waals surface area contributed by atoms with Crippen LogP contribution in [0.5, 0.6) is 0 Å². The van der Waals surface area contributed by atoms with Crippen LogP contribution in [0.3, 0.4) is 0 Å². The molecule has 2 rings (SSSR count). The molecule has 0 spiro atoms. The van der Waals surface area contributed by atoms with Gasteiger partial charge >= 0.3 is 0 Å². The second-order valence-corrected chi connectivity index (χ2v) is 8.89. The fraction of sp³-hybridized carbons (Fsp3) is 0.583. The summed E-state index contributed by atoms with van der Waals surface area (Å²) in [6, 6.07) is 8.71. The van der Waals surface area contributed by atoms with Gasteiger partial charge in [-0.05, 0) is 45.9 Å². The van der Waals surface area contributed by atoms with E-state index in [0.29, 0.717) is 23.7 Å². The molecule has 0 aliphatic heterocycles. The van der Waals surface area contributed by atoms with E-state index in [1.165, 1.54) is 11.1 Å². The third-order valence-corrected chi connectivity index (χ3v) is 6.06. The molecule has 1 aromatic rings. The average Bonchev–Trinajstić information content (AvgIpc) is 2.54. The molecular weight excluding hydrogens is 304 g/mol. The second kappa shape index (κ2) is 7.50. The standard InChI is InChI=1S/C24H36O/c1-15(2)19-10-9-11-20(12-19)22-13-21(16(3)4)14-24(17(5)6,18(7)8)23(22)25/h9-18,23,25H,1-8H3. The van der Waals surface area contributed by atoms with E-state index in [9.17, 15) is 5.11 Å². The maximum Gasteiger partial charge on any atom is 0.0891 e. The molecule has 1 aliphatic rings. The van der Waals surface area contributed by atoms with Crippen molar-refractivity contribution in [3.05, 3.63) is 53.1 Å². The van der Waals surface area contributed by atoms with Gasteiger partial charge in [0.1, 0.15) is 0 Å². The quantitative estimate of drug-likeness (QED) is 0.653. The molecule has 0 bridgehead atoms. The summed E-state index contributed by atoms with van der Waals surface area (Å²) in [5.41, 5.74) is 4.69. The van der Waals surface area contributed by atoms with Gasteiger partial charge in [0.05, 0.1) is 6.10 Å². The topological polar surface area (TPSA) is 20.2 Å². The van der Waals surface area contributed by atoms with E-state index in [-0.39, 0.29) is 5.41 Å². The third kappa shape index (κ3) is 3.62. The molecule has 1 aliphatic carbocycles. The first-order valence-electron chi connectivity index (χ1n) is 9.84. The lowest BCUT2D eigenvalue weighted by Gasteiger charge is -2.47.